The molecule has 23 heavy (non-hydrogen) atoms. The second-order valence-electron chi connectivity index (χ2n) is 6.46. The highest BCUT2D eigenvalue weighted by atomic mass is 16.7. The van der Waals surface area contributed by atoms with Crippen LogP contribution >= 0.6 is 0 Å². The first-order valence-corrected chi connectivity index (χ1v) is 8.70. The van der Waals surface area contributed by atoms with Gasteiger partial charge in [-0.05, 0) is 29.9 Å². The highest BCUT2D eigenvalue weighted by molar-refractivity contribution is 5.18. The fourth-order valence-corrected chi connectivity index (χ4v) is 2.67. The van der Waals surface area contributed by atoms with Gasteiger partial charge in [0.2, 0.25) is 0 Å². The van der Waals surface area contributed by atoms with Gasteiger partial charge < -0.3 is 0 Å². The molecule has 0 bridgehead atoms. The zero-order valence-corrected chi connectivity index (χ0v) is 14.5. The molecule has 0 aliphatic heterocycles. The van der Waals surface area contributed by atoms with Crippen molar-refractivity contribution in [3.05, 3.63) is 71.8 Å². The summed E-state index contributed by atoms with van der Waals surface area (Å²) in [4.78, 5) is 6.11. The largest absolute Gasteiger partial charge is 0.293 e. The molecule has 0 aromatic heterocycles. The molecule has 0 fully saturated rings. The summed E-state index contributed by atoms with van der Waals surface area (Å²) in [6.07, 6.45) is 3.21. The van der Waals surface area contributed by atoms with Crippen molar-refractivity contribution in [3.63, 3.8) is 0 Å². The minimum Gasteiger partial charge on any atom is -0.293 e. The molecule has 0 saturated carbocycles. The highest BCUT2D eigenvalue weighted by Crippen LogP contribution is 2.22. The molecule has 0 radical (unpaired) electrons. The number of benzene rings is 2. The third kappa shape index (κ3) is 5.81. The lowest BCUT2D eigenvalue weighted by molar-refractivity contribution is -0.0574. The smallest absolute Gasteiger partial charge is 0.104 e. The van der Waals surface area contributed by atoms with Gasteiger partial charge in [0.1, 0.15) is 6.10 Å². The van der Waals surface area contributed by atoms with Gasteiger partial charge in [-0.15, -0.1) is 0 Å². The Balaban J connectivity index is 1.98. The molecule has 124 valence electrons. The van der Waals surface area contributed by atoms with Crippen molar-refractivity contribution in [3.8, 4) is 0 Å². The van der Waals surface area contributed by atoms with E-state index in [1.807, 2.05) is 6.07 Å². The Morgan fingerprint density at radius 3 is 2.09 bits per heavy atom. The van der Waals surface area contributed by atoms with Crippen molar-refractivity contribution in [2.45, 2.75) is 52.2 Å². The lowest BCUT2D eigenvalue weighted by Gasteiger charge is -2.26. The average Bonchev–Trinajstić information content (AvgIpc) is 2.59. The molecular formula is C21H29NO. The van der Waals surface area contributed by atoms with Crippen LogP contribution in [0.3, 0.4) is 0 Å². The van der Waals surface area contributed by atoms with E-state index in [9.17, 15) is 0 Å². The fraction of sp³-hybridized carbons (Fsp3) is 0.429. The van der Waals surface area contributed by atoms with Crippen LogP contribution in [0, 0.1) is 5.92 Å². The lowest BCUT2D eigenvalue weighted by atomic mass is 9.97. The number of hydrogen-bond acceptors (Lipinski definition) is 2. The number of nitrogens with one attached hydrogen (secondary N) is 1. The van der Waals surface area contributed by atoms with Crippen molar-refractivity contribution in [1.82, 2.24) is 5.48 Å². The van der Waals surface area contributed by atoms with Crippen LogP contribution in [-0.2, 0) is 11.3 Å². The summed E-state index contributed by atoms with van der Waals surface area (Å²) in [6.45, 7) is 6.67. The molecule has 0 spiro atoms. The van der Waals surface area contributed by atoms with Crippen molar-refractivity contribution in [2.24, 2.45) is 5.92 Å². The molecule has 2 nitrogen and oxygen atoms in total. The van der Waals surface area contributed by atoms with Crippen LogP contribution in [0.2, 0.25) is 0 Å². The van der Waals surface area contributed by atoms with Crippen LogP contribution < -0.4 is 5.48 Å². The molecule has 0 aliphatic carbocycles. The third-order valence-corrected chi connectivity index (χ3v) is 4.19. The summed E-state index contributed by atoms with van der Waals surface area (Å²) >= 11 is 0. The number of hydrogen-bond donors (Lipinski definition) is 1. The van der Waals surface area contributed by atoms with Gasteiger partial charge >= 0.3 is 0 Å². The second-order valence-corrected chi connectivity index (χ2v) is 6.46. The second kappa shape index (κ2) is 9.49. The summed E-state index contributed by atoms with van der Waals surface area (Å²) < 4.78 is 0. The molecule has 2 aromatic carbocycles. The normalized spacial score (nSPS) is 13.9. The van der Waals surface area contributed by atoms with Crippen LogP contribution in [0.15, 0.2) is 60.7 Å². The predicted octanol–water partition coefficient (Wildman–Crippen LogP) is 5.32. The van der Waals surface area contributed by atoms with Crippen LogP contribution in [0.25, 0.3) is 0 Å². The van der Waals surface area contributed by atoms with Crippen molar-refractivity contribution in [2.75, 3.05) is 0 Å². The molecule has 0 amide bonds. The minimum absolute atomic E-state index is 0.109. The first-order chi connectivity index (χ1) is 11.2. The zero-order valence-electron chi connectivity index (χ0n) is 14.5. The zero-order chi connectivity index (χ0) is 16.5. The molecular weight excluding hydrogens is 282 g/mol. The molecule has 1 unspecified atom stereocenters. The molecule has 2 aromatic rings. The third-order valence-electron chi connectivity index (χ3n) is 4.19. The van der Waals surface area contributed by atoms with Gasteiger partial charge in [-0.3, -0.25) is 4.84 Å². The van der Waals surface area contributed by atoms with Crippen LogP contribution in [0.4, 0.5) is 0 Å². The Bertz CT molecular complexity index is 538. The summed E-state index contributed by atoms with van der Waals surface area (Å²) in [5.41, 5.74) is 5.93. The monoisotopic (exact) mass is 311 g/mol. The first kappa shape index (κ1) is 17.7. The van der Waals surface area contributed by atoms with E-state index in [1.54, 1.807) is 0 Å². The van der Waals surface area contributed by atoms with Gasteiger partial charge in [-0.2, -0.15) is 5.48 Å². The van der Waals surface area contributed by atoms with Crippen molar-refractivity contribution >= 4 is 0 Å². The fourth-order valence-electron chi connectivity index (χ4n) is 2.67. The Morgan fingerprint density at radius 2 is 1.52 bits per heavy atom. The number of hydroxylamine groups is 1. The molecule has 2 rings (SSSR count). The molecule has 0 saturated heterocycles. The summed E-state index contributed by atoms with van der Waals surface area (Å²) in [7, 11) is 0. The topological polar surface area (TPSA) is 21.3 Å². The van der Waals surface area contributed by atoms with E-state index in [-0.39, 0.29) is 6.10 Å². The maximum absolute atomic E-state index is 6.11. The SMILES string of the molecule is CCC[C@@H](ONC(Cc1ccccc1)C(C)C)c1ccccc1. The maximum atomic E-state index is 6.11. The van der Waals surface area contributed by atoms with Gasteiger partial charge in [0.25, 0.3) is 0 Å². The van der Waals surface area contributed by atoms with Gasteiger partial charge in [-0.25, -0.2) is 0 Å². The van der Waals surface area contributed by atoms with Gasteiger partial charge in [0.05, 0.1) is 0 Å². The van der Waals surface area contributed by atoms with E-state index >= 15 is 0 Å². The average molecular weight is 311 g/mol. The Labute approximate surface area is 140 Å². The van der Waals surface area contributed by atoms with Gasteiger partial charge in [-0.1, -0.05) is 87.9 Å². The molecule has 0 aliphatic rings. The van der Waals surface area contributed by atoms with Crippen LogP contribution in [0.5, 0.6) is 0 Å². The Morgan fingerprint density at radius 1 is 0.913 bits per heavy atom. The van der Waals surface area contributed by atoms with Crippen molar-refractivity contribution in [1.29, 1.82) is 0 Å². The summed E-state index contributed by atoms with van der Waals surface area (Å²) in [5, 5.41) is 0. The van der Waals surface area contributed by atoms with E-state index in [0.717, 1.165) is 19.3 Å². The molecule has 2 heteroatoms. The number of rotatable bonds is 9. The molecule has 0 heterocycles. The molecule has 2 atom stereocenters. The van der Waals surface area contributed by atoms with E-state index in [1.165, 1.54) is 11.1 Å². The lowest BCUT2D eigenvalue weighted by Crippen LogP contribution is -2.36. The molecule has 1 N–H and O–H groups in total. The first-order valence-electron chi connectivity index (χ1n) is 8.70. The van der Waals surface area contributed by atoms with E-state index < -0.39 is 0 Å². The van der Waals surface area contributed by atoms with Crippen molar-refractivity contribution < 1.29 is 4.84 Å². The highest BCUT2D eigenvalue weighted by Gasteiger charge is 2.18. The summed E-state index contributed by atoms with van der Waals surface area (Å²) in [5.74, 6) is 0.508. The minimum atomic E-state index is 0.109. The van der Waals surface area contributed by atoms with Gasteiger partial charge in [0, 0.05) is 6.04 Å². The van der Waals surface area contributed by atoms with Crippen LogP contribution in [-0.4, -0.2) is 6.04 Å². The van der Waals surface area contributed by atoms with E-state index in [4.69, 9.17) is 4.84 Å². The van der Waals surface area contributed by atoms with Crippen LogP contribution in [0.1, 0.15) is 50.8 Å². The maximum Gasteiger partial charge on any atom is 0.104 e. The predicted molar refractivity (Wildman–Crippen MR) is 97.1 cm³/mol. The summed E-state index contributed by atoms with van der Waals surface area (Å²) in [6, 6.07) is 21.4. The van der Waals surface area contributed by atoms with Gasteiger partial charge in [0.15, 0.2) is 0 Å². The van der Waals surface area contributed by atoms with E-state index in [0.29, 0.717) is 12.0 Å². The standard InChI is InChI=1S/C21H29NO/c1-4-11-21(19-14-9-6-10-15-19)23-22-20(17(2)3)16-18-12-7-5-8-13-18/h5-10,12-15,17,20-22H,4,11,16H2,1-3H3/t20?,21-/m1/s1. The Hall–Kier alpha value is -1.64. The quantitative estimate of drug-likeness (QED) is 0.633. The van der Waals surface area contributed by atoms with E-state index in [2.05, 4.69) is 80.8 Å². The Kier molecular flexibility index (Phi) is 7.31.